The number of rotatable bonds is 6. The monoisotopic (exact) mass is 486 g/mol. The van der Waals surface area contributed by atoms with E-state index >= 15 is 0 Å². The Morgan fingerprint density at radius 3 is 2.50 bits per heavy atom. The van der Waals surface area contributed by atoms with Crippen molar-refractivity contribution in [1.29, 1.82) is 0 Å². The number of aliphatic hydroxyl groups is 3. The van der Waals surface area contributed by atoms with Crippen molar-refractivity contribution in [2.75, 3.05) is 6.61 Å². The summed E-state index contributed by atoms with van der Waals surface area (Å²) in [7, 11) is 0. The van der Waals surface area contributed by atoms with Gasteiger partial charge in [0, 0.05) is 23.1 Å². The SMILES string of the molecule is CC(=O)O[C@@H]1[C@@H](O)[C@H](O)[C@@H](CO)O[C@H]1c1ccc(C)c(Cc2ccc(-c3ccc(F)cc3)s2)c1. The summed E-state index contributed by atoms with van der Waals surface area (Å²) in [5.74, 6) is -0.877. The molecule has 6 nitrogen and oxygen atoms in total. The molecular weight excluding hydrogens is 459 g/mol. The van der Waals surface area contributed by atoms with Gasteiger partial charge in [-0.3, -0.25) is 4.79 Å². The number of aryl methyl sites for hydroxylation is 1. The fourth-order valence-electron chi connectivity index (χ4n) is 4.17. The standard InChI is InChI=1S/C26H27FO6S/c1-14-3-4-17(25-26(32-15(2)29)24(31)23(30)21(13-28)33-25)11-18(14)12-20-9-10-22(34-20)16-5-7-19(27)8-6-16/h3-11,21,23-26,28,30-31H,12-13H2,1-2H3/t21-,23-,24+,25+,26-/m1/s1. The second-order valence-corrected chi connectivity index (χ2v) is 9.64. The van der Waals surface area contributed by atoms with Crippen molar-refractivity contribution < 1.29 is 34.0 Å². The molecule has 1 aliphatic rings. The van der Waals surface area contributed by atoms with E-state index in [0.29, 0.717) is 12.0 Å². The number of hydrogen-bond donors (Lipinski definition) is 3. The van der Waals surface area contributed by atoms with Crippen LogP contribution in [0.1, 0.15) is 34.6 Å². The van der Waals surface area contributed by atoms with Crippen LogP contribution >= 0.6 is 11.3 Å². The van der Waals surface area contributed by atoms with E-state index in [2.05, 4.69) is 0 Å². The van der Waals surface area contributed by atoms with E-state index in [1.165, 1.54) is 19.1 Å². The summed E-state index contributed by atoms with van der Waals surface area (Å²) >= 11 is 1.62. The van der Waals surface area contributed by atoms with Crippen molar-refractivity contribution in [2.24, 2.45) is 0 Å². The normalized spacial score (nSPS) is 24.7. The van der Waals surface area contributed by atoms with Crippen LogP contribution in [0.3, 0.4) is 0 Å². The zero-order valence-corrected chi connectivity index (χ0v) is 19.7. The van der Waals surface area contributed by atoms with Gasteiger partial charge >= 0.3 is 5.97 Å². The maximum Gasteiger partial charge on any atom is 0.303 e. The van der Waals surface area contributed by atoms with Gasteiger partial charge in [0.2, 0.25) is 0 Å². The fourth-order valence-corrected chi connectivity index (χ4v) is 5.21. The van der Waals surface area contributed by atoms with Crippen LogP contribution in [0.5, 0.6) is 0 Å². The van der Waals surface area contributed by atoms with Crippen LogP contribution in [0.15, 0.2) is 54.6 Å². The summed E-state index contributed by atoms with van der Waals surface area (Å²) in [6, 6.07) is 16.1. The van der Waals surface area contributed by atoms with Crippen LogP contribution in [-0.2, 0) is 20.7 Å². The molecule has 3 N–H and O–H groups in total. The predicted octanol–water partition coefficient (Wildman–Crippen LogP) is 3.54. The molecule has 180 valence electrons. The molecule has 4 rings (SSSR count). The molecular formula is C26H27FO6S. The molecule has 2 heterocycles. The molecule has 1 aromatic heterocycles. The van der Waals surface area contributed by atoms with Crippen LogP contribution in [-0.4, -0.2) is 52.3 Å². The quantitative estimate of drug-likeness (QED) is 0.462. The van der Waals surface area contributed by atoms with E-state index in [-0.39, 0.29) is 5.82 Å². The van der Waals surface area contributed by atoms with Crippen LogP contribution in [0.4, 0.5) is 4.39 Å². The zero-order valence-electron chi connectivity index (χ0n) is 18.8. The molecule has 0 aliphatic carbocycles. The van der Waals surface area contributed by atoms with Gasteiger partial charge in [-0.1, -0.05) is 30.3 Å². The van der Waals surface area contributed by atoms with Crippen molar-refractivity contribution >= 4 is 17.3 Å². The maximum absolute atomic E-state index is 13.2. The van der Waals surface area contributed by atoms with Crippen molar-refractivity contribution in [3.05, 3.63) is 82.0 Å². The lowest BCUT2D eigenvalue weighted by Crippen LogP contribution is -2.56. The molecule has 8 heteroatoms. The summed E-state index contributed by atoms with van der Waals surface area (Å²) in [6.45, 7) is 2.74. The second-order valence-electron chi connectivity index (χ2n) is 8.47. The topological polar surface area (TPSA) is 96.2 Å². The summed E-state index contributed by atoms with van der Waals surface area (Å²) in [4.78, 5) is 13.8. The third kappa shape index (κ3) is 5.21. The largest absolute Gasteiger partial charge is 0.457 e. The van der Waals surface area contributed by atoms with Crippen LogP contribution in [0.2, 0.25) is 0 Å². The number of carbonyl (C=O) groups is 1. The molecule has 1 aliphatic heterocycles. The number of hydrogen-bond acceptors (Lipinski definition) is 7. The van der Waals surface area contributed by atoms with Gasteiger partial charge in [0.05, 0.1) is 6.61 Å². The minimum atomic E-state index is -1.40. The van der Waals surface area contributed by atoms with Crippen LogP contribution in [0.25, 0.3) is 10.4 Å². The number of benzene rings is 2. The van der Waals surface area contributed by atoms with Gasteiger partial charge in [-0.15, -0.1) is 11.3 Å². The van der Waals surface area contributed by atoms with E-state index in [0.717, 1.165) is 26.4 Å². The first-order valence-electron chi connectivity index (χ1n) is 11.0. The van der Waals surface area contributed by atoms with Gasteiger partial charge < -0.3 is 24.8 Å². The number of thiophene rings is 1. The molecule has 1 fully saturated rings. The highest BCUT2D eigenvalue weighted by Gasteiger charge is 2.46. The molecule has 0 spiro atoms. The molecule has 5 atom stereocenters. The highest BCUT2D eigenvalue weighted by atomic mass is 32.1. The highest BCUT2D eigenvalue weighted by Crippen LogP contribution is 2.36. The van der Waals surface area contributed by atoms with Gasteiger partial charge in [-0.05, 0) is 53.4 Å². The van der Waals surface area contributed by atoms with E-state index in [4.69, 9.17) is 9.47 Å². The summed E-state index contributed by atoms with van der Waals surface area (Å²) in [5, 5.41) is 30.4. The lowest BCUT2D eigenvalue weighted by Gasteiger charge is -2.42. The van der Waals surface area contributed by atoms with Crippen molar-refractivity contribution in [2.45, 2.75) is 50.8 Å². The molecule has 0 amide bonds. The average Bonchev–Trinajstić information content (AvgIpc) is 3.27. The maximum atomic E-state index is 13.2. The highest BCUT2D eigenvalue weighted by molar-refractivity contribution is 7.15. The van der Waals surface area contributed by atoms with Crippen molar-refractivity contribution in [3.8, 4) is 10.4 Å². The van der Waals surface area contributed by atoms with E-state index in [1.807, 2.05) is 37.3 Å². The molecule has 3 aromatic rings. The third-order valence-corrected chi connectivity index (χ3v) is 7.16. The lowest BCUT2D eigenvalue weighted by atomic mass is 9.89. The molecule has 0 unspecified atom stereocenters. The smallest absolute Gasteiger partial charge is 0.303 e. The van der Waals surface area contributed by atoms with Gasteiger partial charge in [-0.2, -0.15) is 0 Å². The second kappa shape index (κ2) is 10.3. The minimum absolute atomic E-state index is 0.272. The third-order valence-electron chi connectivity index (χ3n) is 6.03. The van der Waals surface area contributed by atoms with Crippen LogP contribution in [0, 0.1) is 12.7 Å². The molecule has 0 bridgehead atoms. The molecule has 0 saturated carbocycles. The Bertz CT molecular complexity index is 1140. The molecule has 0 radical (unpaired) electrons. The zero-order chi connectivity index (χ0) is 24.4. The average molecular weight is 487 g/mol. The number of halogens is 1. The van der Waals surface area contributed by atoms with E-state index in [9.17, 15) is 24.5 Å². The number of carbonyl (C=O) groups excluding carboxylic acids is 1. The Balaban J connectivity index is 1.61. The van der Waals surface area contributed by atoms with Gasteiger partial charge in [0.1, 0.15) is 30.2 Å². The van der Waals surface area contributed by atoms with Gasteiger partial charge in [0.25, 0.3) is 0 Å². The fraction of sp³-hybridized carbons (Fsp3) is 0.346. The van der Waals surface area contributed by atoms with Gasteiger partial charge in [0.15, 0.2) is 6.10 Å². The lowest BCUT2D eigenvalue weighted by molar-refractivity contribution is -0.240. The molecule has 34 heavy (non-hydrogen) atoms. The number of ether oxygens (including phenoxy) is 2. The number of aliphatic hydroxyl groups excluding tert-OH is 3. The first-order chi connectivity index (χ1) is 16.3. The van der Waals surface area contributed by atoms with E-state index in [1.54, 1.807) is 23.5 Å². The first kappa shape index (κ1) is 24.5. The van der Waals surface area contributed by atoms with Crippen molar-refractivity contribution in [1.82, 2.24) is 0 Å². The first-order valence-corrected chi connectivity index (χ1v) is 11.8. The summed E-state index contributed by atoms with van der Waals surface area (Å²) in [5.41, 5.74) is 3.70. The van der Waals surface area contributed by atoms with E-state index < -0.39 is 43.1 Å². The Kier molecular flexibility index (Phi) is 7.45. The number of esters is 1. The van der Waals surface area contributed by atoms with Crippen molar-refractivity contribution in [3.63, 3.8) is 0 Å². The summed E-state index contributed by atoms with van der Waals surface area (Å²) in [6.07, 6.45) is -5.11. The van der Waals surface area contributed by atoms with Gasteiger partial charge in [-0.25, -0.2) is 4.39 Å². The Morgan fingerprint density at radius 2 is 1.82 bits per heavy atom. The van der Waals surface area contributed by atoms with Crippen LogP contribution < -0.4 is 0 Å². The molecule has 1 saturated heterocycles. The minimum Gasteiger partial charge on any atom is -0.457 e. The molecule has 2 aromatic carbocycles. The summed E-state index contributed by atoms with van der Waals surface area (Å²) < 4.78 is 24.4. The Hall–Kier alpha value is -2.62. The predicted molar refractivity (Wildman–Crippen MR) is 126 cm³/mol. The Morgan fingerprint density at radius 1 is 1.09 bits per heavy atom. The Labute approximate surface area is 201 Å².